The Hall–Kier alpha value is -1.38. The van der Waals surface area contributed by atoms with Crippen LogP contribution in [0.15, 0.2) is 10.9 Å². The van der Waals surface area contributed by atoms with Gasteiger partial charge in [0.1, 0.15) is 5.78 Å². The zero-order valence-electron chi connectivity index (χ0n) is 11.2. The third kappa shape index (κ3) is 2.71. The zero-order chi connectivity index (χ0) is 13.3. The largest absolute Gasteiger partial charge is 0.326 e. The van der Waals surface area contributed by atoms with Crippen molar-refractivity contribution >= 4 is 5.78 Å². The second kappa shape index (κ2) is 5.09. The molecule has 0 saturated heterocycles. The molecule has 0 spiro atoms. The molecule has 1 aliphatic carbocycles. The van der Waals surface area contributed by atoms with Crippen molar-refractivity contribution in [2.24, 2.45) is 11.8 Å². The molecule has 97 valence electrons. The normalized spacial score (nSPS) is 24.3. The molecule has 1 N–H and O–H groups in total. The molecule has 1 radical (unpaired) electrons. The zero-order valence-corrected chi connectivity index (χ0v) is 11.2. The Labute approximate surface area is 108 Å². The summed E-state index contributed by atoms with van der Waals surface area (Å²) in [6.45, 7) is 5.88. The van der Waals surface area contributed by atoms with Gasteiger partial charge in [0.15, 0.2) is 0 Å². The fourth-order valence-electron chi connectivity index (χ4n) is 2.69. The topological polar surface area (TPSA) is 49.9 Å². The molecule has 2 rings (SSSR count). The van der Waals surface area contributed by atoms with Gasteiger partial charge in [0.05, 0.1) is 0 Å². The molecule has 0 aromatic carbocycles. The molecule has 0 aliphatic heterocycles. The molecule has 1 fully saturated rings. The van der Waals surface area contributed by atoms with Crippen LogP contribution in [0.2, 0.25) is 0 Å². The van der Waals surface area contributed by atoms with Crippen LogP contribution < -0.4 is 5.56 Å². The van der Waals surface area contributed by atoms with Gasteiger partial charge in [0.2, 0.25) is 0 Å². The predicted octanol–water partition coefficient (Wildman–Crippen LogP) is 2.35. The molecule has 1 heterocycles. The van der Waals surface area contributed by atoms with Gasteiger partial charge in [-0.3, -0.25) is 9.59 Å². The number of hydrogen-bond acceptors (Lipinski definition) is 2. The van der Waals surface area contributed by atoms with Crippen molar-refractivity contribution in [2.45, 2.75) is 40.0 Å². The van der Waals surface area contributed by atoms with E-state index in [1.807, 2.05) is 26.3 Å². The summed E-state index contributed by atoms with van der Waals surface area (Å²) in [4.78, 5) is 26.7. The van der Waals surface area contributed by atoms with E-state index in [0.717, 1.165) is 29.7 Å². The van der Waals surface area contributed by atoms with Gasteiger partial charge in [-0.1, -0.05) is 6.92 Å². The average molecular weight is 246 g/mol. The predicted molar refractivity (Wildman–Crippen MR) is 71.4 cm³/mol. The number of nitrogens with one attached hydrogen (secondary N) is 1. The Kier molecular flexibility index (Phi) is 3.69. The van der Waals surface area contributed by atoms with Gasteiger partial charge < -0.3 is 4.98 Å². The van der Waals surface area contributed by atoms with Gasteiger partial charge in [-0.05, 0) is 50.7 Å². The second-order valence-electron chi connectivity index (χ2n) is 5.47. The van der Waals surface area contributed by atoms with Crippen LogP contribution >= 0.6 is 0 Å². The maximum Gasteiger partial charge on any atom is 0.251 e. The number of pyridine rings is 1. The molecule has 0 bridgehead atoms. The van der Waals surface area contributed by atoms with E-state index < -0.39 is 0 Å². The lowest BCUT2D eigenvalue weighted by molar-refractivity contribution is -0.121. The number of carbonyl (C=O) groups is 1. The van der Waals surface area contributed by atoms with Crippen molar-refractivity contribution in [3.05, 3.63) is 39.7 Å². The molecule has 2 unspecified atom stereocenters. The van der Waals surface area contributed by atoms with E-state index in [0.29, 0.717) is 12.3 Å². The summed E-state index contributed by atoms with van der Waals surface area (Å²) in [7, 11) is 0. The number of aromatic nitrogens is 1. The quantitative estimate of drug-likeness (QED) is 0.870. The van der Waals surface area contributed by atoms with Gasteiger partial charge in [0, 0.05) is 23.6 Å². The van der Waals surface area contributed by atoms with Crippen LogP contribution in [0.4, 0.5) is 0 Å². The molecule has 0 amide bonds. The van der Waals surface area contributed by atoms with E-state index in [2.05, 4.69) is 11.9 Å². The highest BCUT2D eigenvalue weighted by Crippen LogP contribution is 2.27. The molecule has 1 aromatic rings. The molecular formula is C15H20NO2. The summed E-state index contributed by atoms with van der Waals surface area (Å²) >= 11 is 0. The molecule has 2 atom stereocenters. The van der Waals surface area contributed by atoms with E-state index in [1.54, 1.807) is 0 Å². The number of ketones is 1. The minimum absolute atomic E-state index is 0.0105. The van der Waals surface area contributed by atoms with Crippen LogP contribution in [0.25, 0.3) is 0 Å². The first-order valence-electron chi connectivity index (χ1n) is 6.55. The Morgan fingerprint density at radius 2 is 2.00 bits per heavy atom. The number of carbonyl (C=O) groups excluding carboxylic acids is 1. The molecule has 1 saturated carbocycles. The van der Waals surface area contributed by atoms with E-state index in [4.69, 9.17) is 0 Å². The molecular weight excluding hydrogens is 226 g/mol. The Bertz CT molecular complexity index is 516. The Morgan fingerprint density at radius 3 is 2.61 bits per heavy atom. The minimum Gasteiger partial charge on any atom is -0.326 e. The molecule has 1 aromatic heterocycles. The standard InChI is InChI=1S/C15H20NO2/c1-9-4-5-12(14(17)6-9)8-13-10(2)7-11(3)16-15(13)18/h6-7,9,12H,4-5,8H2,1-3H3,(H,16,18). The number of rotatable bonds is 2. The fraction of sp³-hybridized carbons (Fsp3) is 0.533. The van der Waals surface area contributed by atoms with Gasteiger partial charge >= 0.3 is 0 Å². The minimum atomic E-state index is -0.0427. The monoisotopic (exact) mass is 246 g/mol. The van der Waals surface area contributed by atoms with E-state index in [1.165, 1.54) is 0 Å². The number of aryl methyl sites for hydroxylation is 2. The summed E-state index contributed by atoms with van der Waals surface area (Å²) < 4.78 is 0. The third-order valence-electron chi connectivity index (χ3n) is 3.77. The maximum absolute atomic E-state index is 11.9. The first kappa shape index (κ1) is 13.1. The second-order valence-corrected chi connectivity index (χ2v) is 5.47. The lowest BCUT2D eigenvalue weighted by Crippen LogP contribution is -2.28. The average Bonchev–Trinajstić information content (AvgIpc) is 2.25. The third-order valence-corrected chi connectivity index (χ3v) is 3.77. The van der Waals surface area contributed by atoms with Crippen LogP contribution in [-0.4, -0.2) is 10.8 Å². The van der Waals surface area contributed by atoms with Gasteiger partial charge in [-0.2, -0.15) is 0 Å². The smallest absolute Gasteiger partial charge is 0.251 e. The SMILES string of the molecule is Cc1cc(C)c(CC2CCC(C)[CH]C2=O)c(=O)[nH]1. The summed E-state index contributed by atoms with van der Waals surface area (Å²) in [5, 5.41) is 0. The molecule has 1 aliphatic rings. The lowest BCUT2D eigenvalue weighted by Gasteiger charge is -2.24. The van der Waals surface area contributed by atoms with Crippen LogP contribution in [0.5, 0.6) is 0 Å². The van der Waals surface area contributed by atoms with Gasteiger partial charge in [-0.15, -0.1) is 0 Å². The Morgan fingerprint density at radius 1 is 1.28 bits per heavy atom. The summed E-state index contributed by atoms with van der Waals surface area (Å²) in [6, 6.07) is 1.97. The van der Waals surface area contributed by atoms with Crippen LogP contribution in [0.1, 0.15) is 36.6 Å². The number of hydrogen-bond donors (Lipinski definition) is 1. The fourth-order valence-corrected chi connectivity index (χ4v) is 2.69. The summed E-state index contributed by atoms with van der Waals surface area (Å²) in [5.74, 6) is 0.572. The van der Waals surface area contributed by atoms with Gasteiger partial charge in [0.25, 0.3) is 5.56 Å². The van der Waals surface area contributed by atoms with E-state index in [9.17, 15) is 9.59 Å². The van der Waals surface area contributed by atoms with Crippen LogP contribution in [0, 0.1) is 32.1 Å². The van der Waals surface area contributed by atoms with Crippen molar-refractivity contribution < 1.29 is 4.79 Å². The van der Waals surface area contributed by atoms with Gasteiger partial charge in [-0.25, -0.2) is 0 Å². The first-order chi connectivity index (χ1) is 8.47. The number of Topliss-reactive ketones (excluding diaryl/α,β-unsaturated/α-hetero) is 1. The highest BCUT2D eigenvalue weighted by atomic mass is 16.1. The van der Waals surface area contributed by atoms with E-state index >= 15 is 0 Å². The van der Waals surface area contributed by atoms with Crippen LogP contribution in [-0.2, 0) is 11.2 Å². The maximum atomic E-state index is 11.9. The van der Waals surface area contributed by atoms with Crippen molar-refractivity contribution in [3.8, 4) is 0 Å². The highest BCUT2D eigenvalue weighted by molar-refractivity contribution is 5.90. The summed E-state index contributed by atoms with van der Waals surface area (Å²) in [5.41, 5.74) is 2.58. The van der Waals surface area contributed by atoms with E-state index in [-0.39, 0.29) is 17.3 Å². The van der Waals surface area contributed by atoms with Crippen molar-refractivity contribution in [2.75, 3.05) is 0 Å². The Balaban J connectivity index is 2.20. The van der Waals surface area contributed by atoms with Crippen LogP contribution in [0.3, 0.4) is 0 Å². The number of aromatic amines is 1. The van der Waals surface area contributed by atoms with Crippen molar-refractivity contribution in [1.82, 2.24) is 4.98 Å². The lowest BCUT2D eigenvalue weighted by atomic mass is 9.79. The first-order valence-corrected chi connectivity index (χ1v) is 6.55. The molecule has 18 heavy (non-hydrogen) atoms. The molecule has 3 heteroatoms. The number of H-pyrrole nitrogens is 1. The molecule has 3 nitrogen and oxygen atoms in total. The highest BCUT2D eigenvalue weighted by Gasteiger charge is 2.27. The summed E-state index contributed by atoms with van der Waals surface area (Å²) in [6.07, 6.45) is 4.32. The van der Waals surface area contributed by atoms with Crippen molar-refractivity contribution in [3.63, 3.8) is 0 Å². The van der Waals surface area contributed by atoms with Crippen molar-refractivity contribution in [1.29, 1.82) is 0 Å².